The number of fused-ring (bicyclic) bond motifs is 7. The van der Waals surface area contributed by atoms with Crippen LogP contribution in [0.1, 0.15) is 56.6 Å². The normalized spacial score (nSPS) is 21.2. The third-order valence-electron chi connectivity index (χ3n) is 12.2. The Hall–Kier alpha value is -6.75. The molecule has 7 aromatic carbocycles. The molecule has 2 heterocycles. The van der Waals surface area contributed by atoms with Crippen molar-refractivity contribution in [2.24, 2.45) is 4.99 Å². The number of nitrogens with zero attached hydrogens (tertiary/aromatic N) is 2. The van der Waals surface area contributed by atoms with Crippen LogP contribution in [0.2, 0.25) is 0 Å². The second-order valence-electron chi connectivity index (χ2n) is 15.1. The fourth-order valence-electron chi connectivity index (χ4n) is 9.79. The van der Waals surface area contributed by atoms with Crippen molar-refractivity contribution >= 4 is 17.1 Å². The van der Waals surface area contributed by atoms with Crippen molar-refractivity contribution < 1.29 is 0 Å². The van der Waals surface area contributed by atoms with Gasteiger partial charge < -0.3 is 10.2 Å². The number of hydrogen-bond donors (Lipinski definition) is 2. The summed E-state index contributed by atoms with van der Waals surface area (Å²) >= 11 is 0. The van der Waals surface area contributed by atoms with E-state index in [0.29, 0.717) is 0 Å². The number of hydrogen-bond acceptors (Lipinski definition) is 4. The first-order valence-corrected chi connectivity index (χ1v) is 19.6. The van der Waals surface area contributed by atoms with E-state index in [1.54, 1.807) is 0 Å². The molecule has 0 bridgehead atoms. The van der Waals surface area contributed by atoms with Gasteiger partial charge in [0.2, 0.25) is 0 Å². The molecule has 0 radical (unpaired) electrons. The lowest BCUT2D eigenvalue weighted by Gasteiger charge is -2.42. The average Bonchev–Trinajstić information content (AvgIpc) is 3.78. The molecule has 0 saturated heterocycles. The van der Waals surface area contributed by atoms with Crippen LogP contribution in [-0.2, 0) is 5.41 Å². The molecule has 2 N–H and O–H groups in total. The molecule has 0 aromatic heterocycles. The van der Waals surface area contributed by atoms with Crippen LogP contribution in [0, 0.1) is 0 Å². The molecule has 4 atom stereocenters. The zero-order valence-electron chi connectivity index (χ0n) is 30.8. The Balaban J connectivity index is 1.21. The van der Waals surface area contributed by atoms with Crippen LogP contribution in [0.25, 0.3) is 16.7 Å². The molecule has 4 heteroatoms. The standard InChI is InChI=1S/C52H40N4/c1-6-18-35(19-7-1)38-30-33-46-44(34-38)43-32-31-42-41-28-16-17-29-45(41)52(39-24-12-4-13-25-39,40-26-14-5-15-27-40)47(42)48(43)56(46)51-54-49(36-20-8-2-9-21-36)53-50(55-51)37-22-10-3-11-23-37/h1-34,44,46,49,51,54H,(H,53,55). The molecular formula is C52H40N4. The second kappa shape index (κ2) is 13.2. The van der Waals surface area contributed by atoms with Gasteiger partial charge in [0.25, 0.3) is 0 Å². The second-order valence-corrected chi connectivity index (χ2v) is 15.1. The first kappa shape index (κ1) is 32.7. The van der Waals surface area contributed by atoms with Crippen molar-refractivity contribution in [3.8, 4) is 11.1 Å². The van der Waals surface area contributed by atoms with Crippen molar-refractivity contribution in [3.63, 3.8) is 0 Å². The molecule has 0 saturated carbocycles. The summed E-state index contributed by atoms with van der Waals surface area (Å²) in [6.45, 7) is 0. The van der Waals surface area contributed by atoms with E-state index >= 15 is 0 Å². The van der Waals surface area contributed by atoms with E-state index in [2.05, 4.69) is 222 Å². The van der Waals surface area contributed by atoms with Crippen molar-refractivity contribution in [1.82, 2.24) is 10.6 Å². The van der Waals surface area contributed by atoms with Crippen molar-refractivity contribution in [1.29, 1.82) is 0 Å². The van der Waals surface area contributed by atoms with Crippen LogP contribution >= 0.6 is 0 Å². The Morgan fingerprint density at radius 3 is 1.82 bits per heavy atom. The Bertz CT molecular complexity index is 2610. The number of rotatable bonds is 6. The molecule has 4 aliphatic rings. The van der Waals surface area contributed by atoms with E-state index in [4.69, 9.17) is 4.99 Å². The van der Waals surface area contributed by atoms with Gasteiger partial charge >= 0.3 is 0 Å². The fourth-order valence-corrected chi connectivity index (χ4v) is 9.79. The quantitative estimate of drug-likeness (QED) is 0.180. The molecule has 268 valence electrons. The van der Waals surface area contributed by atoms with Gasteiger partial charge in [0, 0.05) is 22.7 Å². The minimum atomic E-state index is -0.570. The lowest BCUT2D eigenvalue weighted by atomic mass is 9.67. The van der Waals surface area contributed by atoms with Gasteiger partial charge in [-0.25, -0.2) is 4.99 Å². The highest BCUT2D eigenvalue weighted by atomic mass is 15.4. The van der Waals surface area contributed by atoms with Crippen LogP contribution in [0.4, 0.5) is 5.69 Å². The van der Waals surface area contributed by atoms with Crippen molar-refractivity contribution in [2.75, 3.05) is 4.90 Å². The van der Waals surface area contributed by atoms with E-state index in [1.807, 2.05) is 0 Å². The Labute approximate surface area is 328 Å². The number of benzene rings is 7. The van der Waals surface area contributed by atoms with E-state index in [1.165, 1.54) is 55.8 Å². The molecule has 0 fully saturated rings. The smallest absolute Gasteiger partial charge is 0.180 e. The molecule has 0 amide bonds. The van der Waals surface area contributed by atoms with E-state index in [-0.39, 0.29) is 24.4 Å². The first-order chi connectivity index (χ1) is 27.8. The first-order valence-electron chi connectivity index (χ1n) is 19.6. The van der Waals surface area contributed by atoms with Gasteiger partial charge in [-0.1, -0.05) is 206 Å². The Morgan fingerprint density at radius 1 is 0.554 bits per heavy atom. The highest BCUT2D eigenvalue weighted by Crippen LogP contribution is 2.62. The third kappa shape index (κ3) is 4.99. The number of aliphatic imine (C=N–C) groups is 1. The minimum absolute atomic E-state index is 0.0183. The maximum absolute atomic E-state index is 5.61. The summed E-state index contributed by atoms with van der Waals surface area (Å²) in [4.78, 5) is 8.22. The van der Waals surface area contributed by atoms with Gasteiger partial charge in [0.15, 0.2) is 6.29 Å². The third-order valence-corrected chi connectivity index (χ3v) is 12.2. The Kier molecular flexibility index (Phi) is 7.71. The summed E-state index contributed by atoms with van der Waals surface area (Å²) in [5, 5.41) is 7.80. The van der Waals surface area contributed by atoms with Crippen LogP contribution in [-0.4, -0.2) is 18.2 Å². The SMILES string of the molecule is C1=CC2C(C=C1c1ccccc1)c1ccc3c(c1N2C1N=C(c2ccccc2)NC(c2ccccc2)N1)C(c1ccccc1)(c1ccccc1)c1ccccc1-3. The molecule has 7 aromatic rings. The molecule has 4 unspecified atom stereocenters. The van der Waals surface area contributed by atoms with Gasteiger partial charge in [-0.2, -0.15) is 0 Å². The molecule has 2 aliphatic carbocycles. The zero-order chi connectivity index (χ0) is 37.1. The number of allylic oxidation sites excluding steroid dienone is 2. The molecule has 2 aliphatic heterocycles. The summed E-state index contributed by atoms with van der Waals surface area (Å²) in [7, 11) is 0. The maximum atomic E-state index is 5.61. The summed E-state index contributed by atoms with van der Waals surface area (Å²) < 4.78 is 0. The number of nitrogens with one attached hydrogen (secondary N) is 2. The van der Waals surface area contributed by atoms with E-state index in [0.717, 1.165) is 17.0 Å². The lowest BCUT2D eigenvalue weighted by molar-refractivity contribution is 0.376. The van der Waals surface area contributed by atoms with Gasteiger partial charge in [0.1, 0.15) is 12.0 Å². The number of anilines is 1. The molecule has 4 nitrogen and oxygen atoms in total. The van der Waals surface area contributed by atoms with Gasteiger partial charge in [-0.05, 0) is 50.1 Å². The largest absolute Gasteiger partial charge is 0.350 e. The summed E-state index contributed by atoms with van der Waals surface area (Å²) in [5.74, 6) is 0.979. The summed E-state index contributed by atoms with van der Waals surface area (Å²) in [6.07, 6.45) is 6.69. The molecule has 56 heavy (non-hydrogen) atoms. The van der Waals surface area contributed by atoms with E-state index < -0.39 is 5.41 Å². The summed E-state index contributed by atoms with van der Waals surface area (Å²) in [5.41, 5.74) is 14.4. The zero-order valence-corrected chi connectivity index (χ0v) is 30.8. The van der Waals surface area contributed by atoms with Crippen molar-refractivity contribution in [2.45, 2.75) is 29.8 Å². The van der Waals surface area contributed by atoms with Crippen LogP contribution in [0.3, 0.4) is 0 Å². The predicted molar refractivity (Wildman–Crippen MR) is 229 cm³/mol. The van der Waals surface area contributed by atoms with Gasteiger partial charge in [-0.3, -0.25) is 5.32 Å². The predicted octanol–water partition coefficient (Wildman–Crippen LogP) is 10.6. The highest BCUT2D eigenvalue weighted by Gasteiger charge is 2.53. The number of amidine groups is 1. The van der Waals surface area contributed by atoms with Gasteiger partial charge in [0.05, 0.1) is 11.5 Å². The van der Waals surface area contributed by atoms with Crippen LogP contribution in [0.5, 0.6) is 0 Å². The topological polar surface area (TPSA) is 39.7 Å². The maximum Gasteiger partial charge on any atom is 0.180 e. The monoisotopic (exact) mass is 720 g/mol. The molecule has 11 rings (SSSR count). The highest BCUT2D eigenvalue weighted by molar-refractivity contribution is 6.00. The van der Waals surface area contributed by atoms with Crippen LogP contribution < -0.4 is 15.5 Å². The minimum Gasteiger partial charge on any atom is -0.350 e. The van der Waals surface area contributed by atoms with Crippen molar-refractivity contribution in [3.05, 3.63) is 251 Å². The van der Waals surface area contributed by atoms with Gasteiger partial charge in [-0.15, -0.1) is 0 Å². The molecular weight excluding hydrogens is 681 g/mol. The molecule has 0 spiro atoms. The lowest BCUT2D eigenvalue weighted by Crippen LogP contribution is -2.57. The van der Waals surface area contributed by atoms with Crippen LogP contribution in [0.15, 0.2) is 211 Å². The Morgan fingerprint density at radius 2 is 1.14 bits per heavy atom. The summed E-state index contributed by atoms with van der Waals surface area (Å²) in [6, 6.07) is 68.2. The average molecular weight is 721 g/mol. The fraction of sp³-hybridized carbons (Fsp3) is 0.0962. The van der Waals surface area contributed by atoms with E-state index in [9.17, 15) is 0 Å².